The van der Waals surface area contributed by atoms with Crippen LogP contribution in [0.1, 0.15) is 16.8 Å². The number of anilines is 1. The lowest BCUT2D eigenvalue weighted by atomic mass is 10.1. The summed E-state index contributed by atoms with van der Waals surface area (Å²) in [6, 6.07) is 12.1. The van der Waals surface area contributed by atoms with Crippen molar-refractivity contribution in [1.29, 1.82) is 0 Å². The Bertz CT molecular complexity index is 1290. The Balaban J connectivity index is 1.47. The number of benzene rings is 1. The number of hydrogen-bond acceptors (Lipinski definition) is 8. The largest absolute Gasteiger partial charge is 0.463 e. The molecule has 0 radical (unpaired) electrons. The van der Waals surface area contributed by atoms with Gasteiger partial charge in [0.25, 0.3) is 0 Å². The van der Waals surface area contributed by atoms with E-state index in [0.717, 1.165) is 41.3 Å². The molecule has 3 aromatic heterocycles. The molecule has 1 fully saturated rings. The Kier molecular flexibility index (Phi) is 6.73. The van der Waals surface area contributed by atoms with Crippen LogP contribution >= 0.6 is 0 Å². The molecule has 0 saturated carbocycles. The van der Waals surface area contributed by atoms with Gasteiger partial charge in [0.1, 0.15) is 5.82 Å². The van der Waals surface area contributed by atoms with Crippen LogP contribution in [0.5, 0.6) is 6.01 Å². The Labute approximate surface area is 203 Å². The van der Waals surface area contributed by atoms with Crippen molar-refractivity contribution in [1.82, 2.24) is 29.5 Å². The van der Waals surface area contributed by atoms with E-state index in [1.54, 1.807) is 9.36 Å². The Morgan fingerprint density at radius 1 is 1.09 bits per heavy atom. The molecule has 0 aliphatic carbocycles. The maximum atomic E-state index is 10.1. The third-order valence-corrected chi connectivity index (χ3v) is 5.87. The number of aryl methyl sites for hydroxylation is 2. The highest BCUT2D eigenvalue weighted by molar-refractivity contribution is 5.61. The molecule has 5 rings (SSSR count). The van der Waals surface area contributed by atoms with E-state index in [2.05, 4.69) is 26.0 Å². The predicted molar refractivity (Wildman–Crippen MR) is 131 cm³/mol. The number of aliphatic hydroxyl groups excluding tert-OH is 1. The van der Waals surface area contributed by atoms with Crippen LogP contribution in [0.3, 0.4) is 0 Å². The zero-order valence-corrected chi connectivity index (χ0v) is 20.0. The van der Waals surface area contributed by atoms with Crippen molar-refractivity contribution in [2.45, 2.75) is 20.0 Å². The molecule has 1 aromatic carbocycles. The third-order valence-electron chi connectivity index (χ3n) is 5.87. The SMILES string of the molecule is Cc1cccc(-c2cc(CO)n(-c3cc(N4CCOCC4)nc(OCCc4cnn(C)c4)n3)n2)c1. The van der Waals surface area contributed by atoms with Gasteiger partial charge in [0.05, 0.1) is 44.0 Å². The van der Waals surface area contributed by atoms with E-state index in [9.17, 15) is 5.11 Å². The second kappa shape index (κ2) is 10.2. The standard InChI is InChI=1S/C25H29N7O3/c1-18-4-3-5-20(12-18)22-13-21(17-33)32(29-22)24-14-23(31-7-10-34-11-8-31)27-25(28-24)35-9-6-19-15-26-30(2)16-19/h3-5,12-16,33H,6-11,17H2,1-2H3. The Morgan fingerprint density at radius 3 is 2.66 bits per heavy atom. The number of aromatic nitrogens is 6. The van der Waals surface area contributed by atoms with Crippen LogP contribution in [-0.4, -0.2) is 67.5 Å². The molecule has 0 spiro atoms. The number of hydrogen-bond donors (Lipinski definition) is 1. The number of ether oxygens (including phenoxy) is 2. The first-order valence-electron chi connectivity index (χ1n) is 11.7. The highest BCUT2D eigenvalue weighted by atomic mass is 16.5. The van der Waals surface area contributed by atoms with Gasteiger partial charge in [-0.3, -0.25) is 4.68 Å². The van der Waals surface area contributed by atoms with Crippen molar-refractivity contribution in [3.63, 3.8) is 0 Å². The lowest BCUT2D eigenvalue weighted by Crippen LogP contribution is -2.37. The van der Waals surface area contributed by atoms with Crippen LogP contribution in [-0.2, 0) is 24.8 Å². The molecule has 35 heavy (non-hydrogen) atoms. The monoisotopic (exact) mass is 475 g/mol. The third kappa shape index (κ3) is 5.33. The van der Waals surface area contributed by atoms with Crippen molar-refractivity contribution in [2.24, 2.45) is 7.05 Å². The van der Waals surface area contributed by atoms with Crippen LogP contribution in [0, 0.1) is 6.92 Å². The highest BCUT2D eigenvalue weighted by Crippen LogP contribution is 2.25. The van der Waals surface area contributed by atoms with E-state index in [0.29, 0.717) is 37.8 Å². The van der Waals surface area contributed by atoms with Crippen molar-refractivity contribution < 1.29 is 14.6 Å². The van der Waals surface area contributed by atoms with E-state index in [1.165, 1.54) is 0 Å². The molecular formula is C25H29N7O3. The maximum absolute atomic E-state index is 10.1. The van der Waals surface area contributed by atoms with E-state index in [-0.39, 0.29) is 12.6 Å². The fourth-order valence-corrected chi connectivity index (χ4v) is 4.07. The second-order valence-corrected chi connectivity index (χ2v) is 8.55. The van der Waals surface area contributed by atoms with Crippen molar-refractivity contribution in [3.8, 4) is 23.1 Å². The topological polar surface area (TPSA) is 103 Å². The Hall–Kier alpha value is -3.76. The van der Waals surface area contributed by atoms with Crippen LogP contribution in [0.4, 0.5) is 5.82 Å². The number of nitrogens with zero attached hydrogens (tertiary/aromatic N) is 7. The summed E-state index contributed by atoms with van der Waals surface area (Å²) in [7, 11) is 1.89. The van der Waals surface area contributed by atoms with Crippen LogP contribution < -0.4 is 9.64 Å². The summed E-state index contributed by atoms with van der Waals surface area (Å²) in [6.07, 6.45) is 4.48. The van der Waals surface area contributed by atoms with Gasteiger partial charge in [-0.25, -0.2) is 4.68 Å². The zero-order chi connectivity index (χ0) is 24.2. The van der Waals surface area contributed by atoms with Crippen molar-refractivity contribution in [2.75, 3.05) is 37.8 Å². The first-order chi connectivity index (χ1) is 17.1. The molecule has 182 valence electrons. The highest BCUT2D eigenvalue weighted by Gasteiger charge is 2.19. The average Bonchev–Trinajstić information content (AvgIpc) is 3.50. The van der Waals surface area contributed by atoms with Gasteiger partial charge in [-0.1, -0.05) is 23.8 Å². The molecule has 0 amide bonds. The van der Waals surface area contributed by atoms with Gasteiger partial charge in [-0.2, -0.15) is 20.2 Å². The second-order valence-electron chi connectivity index (χ2n) is 8.55. The van der Waals surface area contributed by atoms with Gasteiger partial charge < -0.3 is 19.5 Å². The molecule has 10 heteroatoms. The number of aliphatic hydroxyl groups is 1. The fraction of sp³-hybridized carbons (Fsp3) is 0.360. The zero-order valence-electron chi connectivity index (χ0n) is 20.0. The van der Waals surface area contributed by atoms with Gasteiger partial charge in [-0.15, -0.1) is 0 Å². The summed E-state index contributed by atoms with van der Waals surface area (Å²) in [5, 5.41) is 19.1. The lowest BCUT2D eigenvalue weighted by Gasteiger charge is -2.28. The maximum Gasteiger partial charge on any atom is 0.320 e. The van der Waals surface area contributed by atoms with Crippen LogP contribution in [0.15, 0.2) is 48.8 Å². The summed E-state index contributed by atoms with van der Waals surface area (Å²) in [5.74, 6) is 1.28. The molecule has 1 aliphatic heterocycles. The molecule has 1 aliphatic rings. The van der Waals surface area contributed by atoms with Gasteiger partial charge in [0.2, 0.25) is 0 Å². The normalized spacial score (nSPS) is 13.9. The summed E-state index contributed by atoms with van der Waals surface area (Å²) >= 11 is 0. The van der Waals surface area contributed by atoms with Gasteiger partial charge in [0.15, 0.2) is 5.82 Å². The minimum Gasteiger partial charge on any atom is -0.463 e. The van der Waals surface area contributed by atoms with Crippen molar-refractivity contribution >= 4 is 5.82 Å². The number of rotatable bonds is 8. The molecule has 1 N–H and O–H groups in total. The van der Waals surface area contributed by atoms with Gasteiger partial charge in [-0.05, 0) is 24.6 Å². The smallest absolute Gasteiger partial charge is 0.320 e. The Morgan fingerprint density at radius 2 is 1.91 bits per heavy atom. The summed E-state index contributed by atoms with van der Waals surface area (Å²) < 4.78 is 14.9. The molecule has 0 unspecified atom stereocenters. The first-order valence-corrected chi connectivity index (χ1v) is 11.7. The molecule has 10 nitrogen and oxygen atoms in total. The number of morpholine rings is 1. The minimum atomic E-state index is -0.174. The lowest BCUT2D eigenvalue weighted by molar-refractivity contribution is 0.122. The van der Waals surface area contributed by atoms with E-state index in [1.807, 2.05) is 56.7 Å². The fourth-order valence-electron chi connectivity index (χ4n) is 4.07. The molecule has 0 atom stereocenters. The van der Waals surface area contributed by atoms with Crippen molar-refractivity contribution in [3.05, 3.63) is 65.6 Å². The molecule has 4 heterocycles. The van der Waals surface area contributed by atoms with E-state index < -0.39 is 0 Å². The summed E-state index contributed by atoms with van der Waals surface area (Å²) in [5.41, 5.74) is 4.60. The molecular weight excluding hydrogens is 446 g/mol. The quantitative estimate of drug-likeness (QED) is 0.414. The summed E-state index contributed by atoms with van der Waals surface area (Å²) in [6.45, 7) is 5.01. The molecule has 0 bridgehead atoms. The minimum absolute atomic E-state index is 0.174. The van der Waals surface area contributed by atoms with Crippen LogP contribution in [0.25, 0.3) is 17.1 Å². The van der Waals surface area contributed by atoms with Gasteiger partial charge >= 0.3 is 6.01 Å². The van der Waals surface area contributed by atoms with Crippen LogP contribution in [0.2, 0.25) is 0 Å². The average molecular weight is 476 g/mol. The van der Waals surface area contributed by atoms with E-state index in [4.69, 9.17) is 14.6 Å². The van der Waals surface area contributed by atoms with E-state index >= 15 is 0 Å². The predicted octanol–water partition coefficient (Wildman–Crippen LogP) is 2.32. The van der Waals surface area contributed by atoms with Gasteiger partial charge in [0, 0.05) is 44.4 Å². The summed E-state index contributed by atoms with van der Waals surface area (Å²) in [4.78, 5) is 11.5. The molecule has 4 aromatic rings. The molecule has 1 saturated heterocycles. The first kappa shape index (κ1) is 23.0.